The topological polar surface area (TPSA) is 79.8 Å². The molecule has 0 aliphatic carbocycles. The summed E-state index contributed by atoms with van der Waals surface area (Å²) in [7, 11) is -1.26. The highest BCUT2D eigenvalue weighted by molar-refractivity contribution is 14.0. The lowest BCUT2D eigenvalue weighted by Gasteiger charge is -2.17. The van der Waals surface area contributed by atoms with Crippen LogP contribution in [0.2, 0.25) is 0 Å². The Morgan fingerprint density at radius 3 is 2.46 bits per heavy atom. The van der Waals surface area contributed by atoms with Gasteiger partial charge in [-0.05, 0) is 32.4 Å². The van der Waals surface area contributed by atoms with Gasteiger partial charge in [-0.3, -0.25) is 4.99 Å². The van der Waals surface area contributed by atoms with Crippen molar-refractivity contribution in [3.05, 3.63) is 29.8 Å². The van der Waals surface area contributed by atoms with Gasteiger partial charge >= 0.3 is 0 Å². The Morgan fingerprint density at radius 2 is 1.92 bits per heavy atom. The van der Waals surface area contributed by atoms with Gasteiger partial charge in [0, 0.05) is 19.3 Å². The van der Waals surface area contributed by atoms with E-state index in [2.05, 4.69) is 15.6 Å². The normalized spacial score (nSPS) is 12.9. The van der Waals surface area contributed by atoms with E-state index in [0.717, 1.165) is 5.75 Å². The molecule has 0 spiro atoms. The second-order valence-electron chi connectivity index (χ2n) is 5.62. The van der Waals surface area contributed by atoms with E-state index in [1.165, 1.54) is 11.8 Å². The van der Waals surface area contributed by atoms with E-state index < -0.39 is 9.84 Å². The van der Waals surface area contributed by atoms with Crippen molar-refractivity contribution in [2.75, 3.05) is 32.2 Å². The van der Waals surface area contributed by atoms with Crippen LogP contribution >= 0.6 is 24.0 Å². The van der Waals surface area contributed by atoms with Crippen LogP contribution in [-0.2, 0) is 9.84 Å². The lowest BCUT2D eigenvalue weighted by molar-refractivity contribution is 0.321. The summed E-state index contributed by atoms with van der Waals surface area (Å²) in [5.41, 5.74) is 1.20. The van der Waals surface area contributed by atoms with E-state index >= 15 is 0 Å². The van der Waals surface area contributed by atoms with Crippen LogP contribution in [0.25, 0.3) is 0 Å². The molecule has 1 rings (SSSR count). The number of guanidine groups is 1. The third-order valence-electron chi connectivity index (χ3n) is 3.21. The number of benzene rings is 1. The van der Waals surface area contributed by atoms with Gasteiger partial charge in [-0.25, -0.2) is 8.42 Å². The number of aryl methyl sites for hydroxylation is 1. The fourth-order valence-electron chi connectivity index (χ4n) is 1.86. The molecule has 0 saturated carbocycles. The minimum atomic E-state index is -2.94. The Balaban J connectivity index is 0.00000529. The van der Waals surface area contributed by atoms with E-state index in [9.17, 15) is 8.42 Å². The van der Waals surface area contributed by atoms with E-state index in [1.807, 2.05) is 38.1 Å². The van der Waals surface area contributed by atoms with Crippen molar-refractivity contribution in [1.29, 1.82) is 0 Å². The molecule has 0 aliphatic rings. The first kappa shape index (κ1) is 23.0. The van der Waals surface area contributed by atoms with Crippen molar-refractivity contribution in [3.8, 4) is 5.75 Å². The van der Waals surface area contributed by atoms with Gasteiger partial charge in [-0.1, -0.05) is 17.7 Å². The highest BCUT2D eigenvalue weighted by Crippen LogP contribution is 2.10. The smallest absolute Gasteiger partial charge is 0.191 e. The summed E-state index contributed by atoms with van der Waals surface area (Å²) in [6.07, 6.45) is 1.79. The zero-order chi connectivity index (χ0) is 17.3. The van der Waals surface area contributed by atoms with Crippen LogP contribution < -0.4 is 15.4 Å². The van der Waals surface area contributed by atoms with Gasteiger partial charge in [-0.15, -0.1) is 24.0 Å². The number of ether oxygens (including phenoxy) is 1. The number of sulfone groups is 1. The molecule has 24 heavy (non-hydrogen) atoms. The zero-order valence-electron chi connectivity index (χ0n) is 14.7. The van der Waals surface area contributed by atoms with Crippen molar-refractivity contribution in [2.24, 2.45) is 4.99 Å². The number of nitrogens with one attached hydrogen (secondary N) is 2. The van der Waals surface area contributed by atoms with Gasteiger partial charge in [0.1, 0.15) is 22.2 Å². The summed E-state index contributed by atoms with van der Waals surface area (Å²) in [4.78, 5) is 4.12. The Kier molecular flexibility index (Phi) is 11.0. The molecule has 8 heteroatoms. The lowest BCUT2D eigenvalue weighted by atomic mass is 10.2. The fraction of sp³-hybridized carbons (Fsp3) is 0.562. The minimum absolute atomic E-state index is 0. The van der Waals surface area contributed by atoms with Gasteiger partial charge in [-0.2, -0.15) is 0 Å². The maximum Gasteiger partial charge on any atom is 0.191 e. The Hall–Kier alpha value is -1.03. The molecular weight excluding hydrogens is 441 g/mol. The van der Waals surface area contributed by atoms with E-state index in [4.69, 9.17) is 4.74 Å². The molecule has 1 unspecified atom stereocenters. The molecule has 1 aromatic carbocycles. The molecule has 0 amide bonds. The van der Waals surface area contributed by atoms with Gasteiger partial charge < -0.3 is 15.4 Å². The second kappa shape index (κ2) is 11.5. The quantitative estimate of drug-likeness (QED) is 0.264. The Bertz CT molecular complexity index is 603. The average Bonchev–Trinajstić information content (AvgIpc) is 2.49. The molecule has 0 fully saturated rings. The number of nitrogens with zero attached hydrogens (tertiary/aromatic N) is 1. The molecule has 0 aliphatic heterocycles. The average molecular weight is 469 g/mol. The number of rotatable bonds is 8. The minimum Gasteiger partial charge on any atom is -0.492 e. The van der Waals surface area contributed by atoms with Gasteiger partial charge in [0.25, 0.3) is 0 Å². The third kappa shape index (κ3) is 10.7. The highest BCUT2D eigenvalue weighted by atomic mass is 127. The summed E-state index contributed by atoms with van der Waals surface area (Å²) in [6.45, 7) is 5.08. The lowest BCUT2D eigenvalue weighted by Crippen LogP contribution is -2.44. The zero-order valence-corrected chi connectivity index (χ0v) is 17.9. The fourth-order valence-corrected chi connectivity index (χ4v) is 2.65. The first-order valence-electron chi connectivity index (χ1n) is 7.64. The maximum atomic E-state index is 11.2. The number of halogens is 1. The van der Waals surface area contributed by atoms with Crippen LogP contribution in [-0.4, -0.2) is 52.6 Å². The van der Waals surface area contributed by atoms with E-state index in [1.54, 1.807) is 7.05 Å². The van der Waals surface area contributed by atoms with Crippen LogP contribution in [0.5, 0.6) is 5.75 Å². The van der Waals surface area contributed by atoms with Gasteiger partial charge in [0.15, 0.2) is 5.96 Å². The standard InChI is InChI=1S/C16H27N3O3S.HI/c1-13-5-7-15(8-6-13)22-11-10-18-16(17-3)19-14(2)9-12-23(4,20)21;/h5-8,14H,9-12H2,1-4H3,(H2,17,18,19);1H. The monoisotopic (exact) mass is 469 g/mol. The van der Waals surface area contributed by atoms with Crippen LogP contribution in [0.3, 0.4) is 0 Å². The first-order valence-corrected chi connectivity index (χ1v) is 9.70. The van der Waals surface area contributed by atoms with Crippen molar-refractivity contribution >= 4 is 39.8 Å². The summed E-state index contributed by atoms with van der Waals surface area (Å²) in [5.74, 6) is 1.63. The number of hydrogen-bond donors (Lipinski definition) is 2. The highest BCUT2D eigenvalue weighted by Gasteiger charge is 2.09. The number of aliphatic imine (C=N–C) groups is 1. The predicted octanol–water partition coefficient (Wildman–Crippen LogP) is 1.98. The summed E-state index contributed by atoms with van der Waals surface area (Å²) >= 11 is 0. The summed E-state index contributed by atoms with van der Waals surface area (Å²) in [6, 6.07) is 7.92. The molecule has 6 nitrogen and oxygen atoms in total. The molecule has 138 valence electrons. The Labute approximate surface area is 162 Å². The van der Waals surface area contributed by atoms with Crippen molar-refractivity contribution in [1.82, 2.24) is 10.6 Å². The molecule has 0 heterocycles. The van der Waals surface area contributed by atoms with E-state index in [0.29, 0.717) is 25.5 Å². The maximum absolute atomic E-state index is 11.2. The largest absolute Gasteiger partial charge is 0.492 e. The molecule has 1 atom stereocenters. The summed E-state index contributed by atoms with van der Waals surface area (Å²) in [5, 5.41) is 6.31. The van der Waals surface area contributed by atoms with Gasteiger partial charge in [0.2, 0.25) is 0 Å². The summed E-state index contributed by atoms with van der Waals surface area (Å²) < 4.78 is 28.0. The molecular formula is C16H28IN3O3S. The van der Waals surface area contributed by atoms with Crippen LogP contribution in [0.4, 0.5) is 0 Å². The molecule has 2 N–H and O–H groups in total. The third-order valence-corrected chi connectivity index (χ3v) is 4.19. The van der Waals surface area contributed by atoms with Crippen molar-refractivity contribution in [3.63, 3.8) is 0 Å². The van der Waals surface area contributed by atoms with Crippen LogP contribution in [0, 0.1) is 6.92 Å². The SMILES string of the molecule is CN=C(NCCOc1ccc(C)cc1)NC(C)CCS(C)(=O)=O.I. The Morgan fingerprint density at radius 1 is 1.29 bits per heavy atom. The van der Waals surface area contributed by atoms with Gasteiger partial charge in [0.05, 0.1) is 12.3 Å². The molecule has 0 radical (unpaired) electrons. The van der Waals surface area contributed by atoms with Crippen LogP contribution in [0.1, 0.15) is 18.9 Å². The van der Waals surface area contributed by atoms with Crippen molar-refractivity contribution in [2.45, 2.75) is 26.3 Å². The molecule has 0 saturated heterocycles. The van der Waals surface area contributed by atoms with Crippen molar-refractivity contribution < 1.29 is 13.2 Å². The number of hydrogen-bond acceptors (Lipinski definition) is 4. The predicted molar refractivity (Wildman–Crippen MR) is 110 cm³/mol. The molecule has 0 bridgehead atoms. The first-order chi connectivity index (χ1) is 10.8. The second-order valence-corrected chi connectivity index (χ2v) is 7.88. The molecule has 0 aromatic heterocycles. The van der Waals surface area contributed by atoms with E-state index in [-0.39, 0.29) is 35.8 Å². The molecule has 1 aromatic rings. The van der Waals surface area contributed by atoms with Crippen LogP contribution in [0.15, 0.2) is 29.3 Å².